The Hall–Kier alpha value is -0.870. The summed E-state index contributed by atoms with van der Waals surface area (Å²) in [6.45, 7) is 6.33. The number of hydrogen-bond acceptors (Lipinski definition) is 4. The SMILES string of the molecule is C=C(C)C(=O)OC(CCCCOC)COC. The van der Waals surface area contributed by atoms with Gasteiger partial charge in [-0.1, -0.05) is 6.58 Å². The van der Waals surface area contributed by atoms with Crippen molar-refractivity contribution in [2.45, 2.75) is 32.3 Å². The molecule has 0 aliphatic carbocycles. The molecule has 0 rings (SSSR count). The third-order valence-electron chi connectivity index (χ3n) is 2.10. The van der Waals surface area contributed by atoms with E-state index in [2.05, 4.69) is 6.58 Å². The van der Waals surface area contributed by atoms with Crippen LogP contribution in [-0.2, 0) is 19.0 Å². The second kappa shape index (κ2) is 9.36. The quantitative estimate of drug-likeness (QED) is 0.345. The lowest BCUT2D eigenvalue weighted by Crippen LogP contribution is -2.23. The maximum absolute atomic E-state index is 11.3. The maximum atomic E-state index is 11.3. The third kappa shape index (κ3) is 7.43. The first-order valence-corrected chi connectivity index (χ1v) is 5.46. The van der Waals surface area contributed by atoms with Crippen molar-refractivity contribution in [3.05, 3.63) is 12.2 Å². The number of rotatable bonds is 9. The molecule has 0 N–H and O–H groups in total. The number of unbranched alkanes of at least 4 members (excludes halogenated alkanes) is 1. The molecule has 0 saturated carbocycles. The molecule has 0 aromatic heterocycles. The fourth-order valence-corrected chi connectivity index (χ4v) is 1.23. The summed E-state index contributed by atoms with van der Waals surface area (Å²) in [5.41, 5.74) is 0.415. The van der Waals surface area contributed by atoms with Gasteiger partial charge in [-0.2, -0.15) is 0 Å². The summed E-state index contributed by atoms with van der Waals surface area (Å²) in [6, 6.07) is 0. The first kappa shape index (κ1) is 15.1. The minimum atomic E-state index is -0.353. The molecule has 0 bridgehead atoms. The topological polar surface area (TPSA) is 44.8 Å². The summed E-state index contributed by atoms with van der Waals surface area (Å²) >= 11 is 0. The minimum absolute atomic E-state index is 0.189. The fraction of sp³-hybridized carbons (Fsp3) is 0.750. The third-order valence-corrected chi connectivity index (χ3v) is 2.10. The highest BCUT2D eigenvalue weighted by Gasteiger charge is 2.14. The van der Waals surface area contributed by atoms with Gasteiger partial charge in [-0.3, -0.25) is 0 Å². The van der Waals surface area contributed by atoms with Crippen molar-refractivity contribution >= 4 is 5.97 Å². The van der Waals surface area contributed by atoms with Gasteiger partial charge in [-0.25, -0.2) is 4.79 Å². The van der Waals surface area contributed by atoms with Crippen LogP contribution in [0.1, 0.15) is 26.2 Å². The standard InChI is InChI=1S/C12H22O4/c1-10(2)12(13)16-11(9-15-4)7-5-6-8-14-3/h11H,1,5-9H2,2-4H3. The van der Waals surface area contributed by atoms with E-state index in [9.17, 15) is 4.79 Å². The molecule has 16 heavy (non-hydrogen) atoms. The first-order valence-electron chi connectivity index (χ1n) is 5.46. The molecule has 0 spiro atoms. The molecule has 0 aliphatic rings. The van der Waals surface area contributed by atoms with Crippen LogP contribution >= 0.6 is 0 Å². The highest BCUT2D eigenvalue weighted by atomic mass is 16.6. The van der Waals surface area contributed by atoms with Gasteiger partial charge in [0.2, 0.25) is 0 Å². The molecule has 94 valence electrons. The van der Waals surface area contributed by atoms with Gasteiger partial charge >= 0.3 is 5.97 Å². The summed E-state index contributed by atoms with van der Waals surface area (Å²) in [6.07, 6.45) is 2.51. The molecule has 0 aromatic rings. The van der Waals surface area contributed by atoms with E-state index in [1.807, 2.05) is 0 Å². The predicted octanol–water partition coefficient (Wildman–Crippen LogP) is 1.94. The molecule has 0 amide bonds. The van der Waals surface area contributed by atoms with Gasteiger partial charge in [-0.15, -0.1) is 0 Å². The van der Waals surface area contributed by atoms with Crippen LogP contribution in [0, 0.1) is 0 Å². The van der Waals surface area contributed by atoms with Crippen molar-refractivity contribution in [2.24, 2.45) is 0 Å². The van der Waals surface area contributed by atoms with Crippen LogP contribution < -0.4 is 0 Å². The monoisotopic (exact) mass is 230 g/mol. The average Bonchev–Trinajstić information content (AvgIpc) is 2.24. The van der Waals surface area contributed by atoms with Gasteiger partial charge in [0.1, 0.15) is 6.10 Å². The Morgan fingerprint density at radius 3 is 2.44 bits per heavy atom. The second-order valence-corrected chi connectivity index (χ2v) is 3.75. The first-order chi connectivity index (χ1) is 7.61. The summed E-state index contributed by atoms with van der Waals surface area (Å²) in [7, 11) is 3.27. The molecule has 0 heterocycles. The molecule has 1 unspecified atom stereocenters. The molecule has 4 heteroatoms. The fourth-order valence-electron chi connectivity index (χ4n) is 1.23. The zero-order valence-corrected chi connectivity index (χ0v) is 10.5. The lowest BCUT2D eigenvalue weighted by atomic mass is 10.1. The zero-order valence-electron chi connectivity index (χ0n) is 10.5. The number of hydrogen-bond donors (Lipinski definition) is 0. The lowest BCUT2D eigenvalue weighted by Gasteiger charge is -2.16. The van der Waals surface area contributed by atoms with Crippen LogP contribution in [0.15, 0.2) is 12.2 Å². The molecule has 0 saturated heterocycles. The van der Waals surface area contributed by atoms with Gasteiger partial charge in [0.05, 0.1) is 6.61 Å². The van der Waals surface area contributed by atoms with Crippen molar-refractivity contribution in [1.82, 2.24) is 0 Å². The Kier molecular flexibility index (Phi) is 8.85. The lowest BCUT2D eigenvalue weighted by molar-refractivity contribution is -0.147. The van der Waals surface area contributed by atoms with E-state index < -0.39 is 0 Å². The van der Waals surface area contributed by atoms with Gasteiger partial charge in [0.25, 0.3) is 0 Å². The van der Waals surface area contributed by atoms with E-state index in [0.717, 1.165) is 25.9 Å². The molecule has 1 atom stereocenters. The van der Waals surface area contributed by atoms with Crippen LogP contribution in [0.4, 0.5) is 0 Å². The van der Waals surface area contributed by atoms with Crippen molar-refractivity contribution in [2.75, 3.05) is 27.4 Å². The summed E-state index contributed by atoms with van der Waals surface area (Å²) in [5.74, 6) is -0.353. The number of carbonyl (C=O) groups excluding carboxylic acids is 1. The number of carbonyl (C=O) groups is 1. The molecular formula is C12H22O4. The van der Waals surface area contributed by atoms with Gasteiger partial charge in [-0.05, 0) is 26.2 Å². The molecule has 4 nitrogen and oxygen atoms in total. The van der Waals surface area contributed by atoms with E-state index >= 15 is 0 Å². The van der Waals surface area contributed by atoms with Crippen LogP contribution in [-0.4, -0.2) is 39.5 Å². The van der Waals surface area contributed by atoms with Crippen LogP contribution in [0.25, 0.3) is 0 Å². The number of esters is 1. The van der Waals surface area contributed by atoms with E-state index in [1.165, 1.54) is 0 Å². The number of ether oxygens (including phenoxy) is 3. The van der Waals surface area contributed by atoms with Crippen LogP contribution in [0.2, 0.25) is 0 Å². The summed E-state index contributed by atoms with van der Waals surface area (Å²) < 4.78 is 15.2. The van der Waals surface area contributed by atoms with E-state index in [1.54, 1.807) is 21.1 Å². The number of methoxy groups -OCH3 is 2. The van der Waals surface area contributed by atoms with Gasteiger partial charge in [0.15, 0.2) is 0 Å². The minimum Gasteiger partial charge on any atom is -0.457 e. The second-order valence-electron chi connectivity index (χ2n) is 3.75. The Morgan fingerprint density at radius 1 is 1.25 bits per heavy atom. The molecule has 0 aliphatic heterocycles. The van der Waals surface area contributed by atoms with Crippen LogP contribution in [0.5, 0.6) is 0 Å². The molecular weight excluding hydrogens is 208 g/mol. The molecule has 0 aromatic carbocycles. The predicted molar refractivity (Wildman–Crippen MR) is 62.3 cm³/mol. The summed E-state index contributed by atoms with van der Waals surface area (Å²) in [4.78, 5) is 11.3. The Bertz CT molecular complexity index is 213. The Balaban J connectivity index is 3.87. The Morgan fingerprint density at radius 2 is 1.94 bits per heavy atom. The van der Waals surface area contributed by atoms with Crippen LogP contribution in [0.3, 0.4) is 0 Å². The highest BCUT2D eigenvalue weighted by molar-refractivity contribution is 5.87. The Labute approximate surface area is 97.6 Å². The summed E-state index contributed by atoms with van der Waals surface area (Å²) in [5, 5.41) is 0. The van der Waals surface area contributed by atoms with Crippen molar-refractivity contribution < 1.29 is 19.0 Å². The smallest absolute Gasteiger partial charge is 0.333 e. The van der Waals surface area contributed by atoms with Gasteiger partial charge < -0.3 is 14.2 Å². The average molecular weight is 230 g/mol. The van der Waals surface area contributed by atoms with Crippen molar-refractivity contribution in [3.63, 3.8) is 0 Å². The van der Waals surface area contributed by atoms with E-state index in [-0.39, 0.29) is 12.1 Å². The zero-order chi connectivity index (χ0) is 12.4. The van der Waals surface area contributed by atoms with Gasteiger partial charge in [0, 0.05) is 26.4 Å². The van der Waals surface area contributed by atoms with E-state index in [4.69, 9.17) is 14.2 Å². The molecule has 0 fully saturated rings. The normalized spacial score (nSPS) is 12.2. The van der Waals surface area contributed by atoms with Crippen molar-refractivity contribution in [1.29, 1.82) is 0 Å². The molecule has 0 radical (unpaired) electrons. The van der Waals surface area contributed by atoms with E-state index in [0.29, 0.717) is 12.2 Å². The maximum Gasteiger partial charge on any atom is 0.333 e. The highest BCUT2D eigenvalue weighted by Crippen LogP contribution is 2.08. The largest absolute Gasteiger partial charge is 0.457 e. The van der Waals surface area contributed by atoms with Crippen molar-refractivity contribution in [3.8, 4) is 0 Å².